The van der Waals surface area contributed by atoms with Crippen LogP contribution in [-0.4, -0.2) is 65.6 Å². The molecule has 1 aromatic heterocycles. The molecule has 0 spiro atoms. The van der Waals surface area contributed by atoms with Crippen molar-refractivity contribution in [1.82, 2.24) is 25.1 Å². The lowest BCUT2D eigenvalue weighted by molar-refractivity contribution is -0.0398. The van der Waals surface area contributed by atoms with Crippen molar-refractivity contribution >= 4 is 0 Å². The third kappa shape index (κ3) is 4.20. The van der Waals surface area contributed by atoms with Gasteiger partial charge in [0.2, 0.25) is 0 Å². The largest absolute Gasteiger partial charge is 0.496 e. The van der Waals surface area contributed by atoms with E-state index in [2.05, 4.69) is 46.4 Å². The quantitative estimate of drug-likeness (QED) is 0.740. The molecule has 1 aromatic carbocycles. The Morgan fingerprint density at radius 1 is 1.27 bits per heavy atom. The van der Waals surface area contributed by atoms with Gasteiger partial charge < -0.3 is 14.2 Å². The number of aromatic nitrogens is 4. The maximum atomic E-state index is 5.94. The van der Waals surface area contributed by atoms with Gasteiger partial charge in [-0.25, -0.2) is 4.68 Å². The van der Waals surface area contributed by atoms with E-state index in [0.29, 0.717) is 19.8 Å². The highest BCUT2D eigenvalue weighted by molar-refractivity contribution is 5.43. The second-order valence-corrected chi connectivity index (χ2v) is 6.62. The number of aryl methyl sites for hydroxylation is 2. The fourth-order valence-corrected chi connectivity index (χ4v) is 3.47. The molecule has 1 fully saturated rings. The highest BCUT2D eigenvalue weighted by Crippen LogP contribution is 2.28. The molecule has 1 atom stereocenters. The van der Waals surface area contributed by atoms with Gasteiger partial charge in [0.1, 0.15) is 11.9 Å². The van der Waals surface area contributed by atoms with Crippen molar-refractivity contribution in [2.24, 2.45) is 0 Å². The number of benzene rings is 1. The summed E-state index contributed by atoms with van der Waals surface area (Å²) in [5, 5.41) is 12.0. The van der Waals surface area contributed by atoms with Crippen molar-refractivity contribution < 1.29 is 14.2 Å². The second kappa shape index (κ2) is 8.57. The summed E-state index contributed by atoms with van der Waals surface area (Å²) in [6.45, 7) is 8.44. The minimum absolute atomic E-state index is 0.146. The van der Waals surface area contributed by atoms with Crippen LogP contribution in [0, 0.1) is 13.8 Å². The molecule has 3 rings (SSSR count). The van der Waals surface area contributed by atoms with Gasteiger partial charge in [-0.15, -0.1) is 5.10 Å². The summed E-state index contributed by atoms with van der Waals surface area (Å²) >= 11 is 0. The minimum atomic E-state index is -0.146. The standard InChI is InChI=1S/C18H27N5O3/c1-13-9-14(2)17(25-4)15(10-13)11-22-5-8-26-16(12-22)18-19-20-21-23(18)6-7-24-3/h9-10,16H,5-8,11-12H2,1-4H3/t16-/m1/s1. The van der Waals surface area contributed by atoms with Gasteiger partial charge in [-0.05, 0) is 29.8 Å². The Labute approximate surface area is 154 Å². The van der Waals surface area contributed by atoms with Gasteiger partial charge in [0.15, 0.2) is 5.82 Å². The van der Waals surface area contributed by atoms with E-state index in [4.69, 9.17) is 14.2 Å². The lowest BCUT2D eigenvalue weighted by Gasteiger charge is -2.32. The lowest BCUT2D eigenvalue weighted by atomic mass is 10.0. The Hall–Kier alpha value is -2.03. The molecule has 26 heavy (non-hydrogen) atoms. The molecule has 8 nitrogen and oxygen atoms in total. The van der Waals surface area contributed by atoms with Crippen LogP contribution in [0.25, 0.3) is 0 Å². The third-order valence-corrected chi connectivity index (χ3v) is 4.60. The first-order valence-electron chi connectivity index (χ1n) is 8.85. The minimum Gasteiger partial charge on any atom is -0.496 e. The Balaban J connectivity index is 1.73. The highest BCUT2D eigenvalue weighted by Gasteiger charge is 2.27. The average molecular weight is 361 g/mol. The average Bonchev–Trinajstić information content (AvgIpc) is 3.08. The highest BCUT2D eigenvalue weighted by atomic mass is 16.5. The molecule has 0 radical (unpaired) electrons. The predicted molar refractivity (Wildman–Crippen MR) is 96.1 cm³/mol. The van der Waals surface area contributed by atoms with Gasteiger partial charge in [0.25, 0.3) is 0 Å². The molecular formula is C18H27N5O3. The predicted octanol–water partition coefficient (Wildman–Crippen LogP) is 1.52. The van der Waals surface area contributed by atoms with Gasteiger partial charge in [0, 0.05) is 32.3 Å². The van der Waals surface area contributed by atoms with E-state index >= 15 is 0 Å². The molecule has 0 unspecified atom stereocenters. The van der Waals surface area contributed by atoms with E-state index < -0.39 is 0 Å². The van der Waals surface area contributed by atoms with E-state index in [-0.39, 0.29) is 6.10 Å². The Morgan fingerprint density at radius 2 is 2.12 bits per heavy atom. The fourth-order valence-electron chi connectivity index (χ4n) is 3.47. The summed E-state index contributed by atoms with van der Waals surface area (Å²) in [4.78, 5) is 2.36. The first kappa shape index (κ1) is 18.8. The van der Waals surface area contributed by atoms with Crippen molar-refractivity contribution in [1.29, 1.82) is 0 Å². The van der Waals surface area contributed by atoms with Crippen molar-refractivity contribution in [2.45, 2.75) is 33.0 Å². The summed E-state index contributed by atoms with van der Waals surface area (Å²) in [6.07, 6.45) is -0.146. The molecule has 0 amide bonds. The molecule has 0 saturated carbocycles. The molecule has 0 bridgehead atoms. The number of nitrogens with zero attached hydrogens (tertiary/aromatic N) is 5. The molecule has 1 aliphatic rings. The monoisotopic (exact) mass is 361 g/mol. The number of methoxy groups -OCH3 is 2. The number of hydrogen-bond acceptors (Lipinski definition) is 7. The second-order valence-electron chi connectivity index (χ2n) is 6.62. The summed E-state index contributed by atoms with van der Waals surface area (Å²) in [7, 11) is 3.40. The maximum absolute atomic E-state index is 5.94. The number of rotatable bonds is 7. The van der Waals surface area contributed by atoms with Crippen LogP contribution < -0.4 is 4.74 Å². The molecule has 0 aliphatic carbocycles. The lowest BCUT2D eigenvalue weighted by Crippen LogP contribution is -2.39. The molecule has 2 heterocycles. The summed E-state index contributed by atoms with van der Waals surface area (Å²) < 4.78 is 18.4. The Kier molecular flexibility index (Phi) is 6.18. The van der Waals surface area contributed by atoms with E-state index in [1.807, 2.05) is 0 Å². The van der Waals surface area contributed by atoms with E-state index in [0.717, 1.165) is 36.8 Å². The maximum Gasteiger partial charge on any atom is 0.181 e. The van der Waals surface area contributed by atoms with Gasteiger partial charge >= 0.3 is 0 Å². The van der Waals surface area contributed by atoms with E-state index in [1.165, 1.54) is 11.1 Å². The molecule has 1 aliphatic heterocycles. The zero-order valence-corrected chi connectivity index (χ0v) is 15.9. The SMILES string of the molecule is COCCn1nnnc1[C@H]1CN(Cc2cc(C)cc(C)c2OC)CCO1. The van der Waals surface area contributed by atoms with Gasteiger partial charge in [-0.3, -0.25) is 4.90 Å². The Bertz CT molecular complexity index is 734. The zero-order valence-electron chi connectivity index (χ0n) is 15.9. The van der Waals surface area contributed by atoms with E-state index in [9.17, 15) is 0 Å². The number of morpholine rings is 1. The van der Waals surface area contributed by atoms with Crippen LogP contribution in [0.15, 0.2) is 12.1 Å². The van der Waals surface area contributed by atoms with Crippen LogP contribution in [0.3, 0.4) is 0 Å². The van der Waals surface area contributed by atoms with E-state index in [1.54, 1.807) is 18.9 Å². The number of hydrogen-bond donors (Lipinski definition) is 0. The zero-order chi connectivity index (χ0) is 18.5. The number of ether oxygens (including phenoxy) is 3. The first-order chi connectivity index (χ1) is 12.6. The van der Waals surface area contributed by atoms with Crippen LogP contribution in [-0.2, 0) is 22.6 Å². The van der Waals surface area contributed by atoms with Gasteiger partial charge in [-0.2, -0.15) is 0 Å². The molecule has 8 heteroatoms. The summed E-state index contributed by atoms with van der Waals surface area (Å²) in [5.41, 5.74) is 3.60. The summed E-state index contributed by atoms with van der Waals surface area (Å²) in [5.74, 6) is 1.71. The van der Waals surface area contributed by atoms with Gasteiger partial charge in [0.05, 0.1) is 26.9 Å². The van der Waals surface area contributed by atoms with Crippen LogP contribution in [0.2, 0.25) is 0 Å². The van der Waals surface area contributed by atoms with Crippen molar-refractivity contribution in [3.05, 3.63) is 34.6 Å². The van der Waals surface area contributed by atoms with Crippen molar-refractivity contribution in [3.8, 4) is 5.75 Å². The summed E-state index contributed by atoms with van der Waals surface area (Å²) in [6, 6.07) is 4.34. The van der Waals surface area contributed by atoms with Crippen LogP contribution in [0.1, 0.15) is 28.6 Å². The molecule has 0 N–H and O–H groups in total. The van der Waals surface area contributed by atoms with Crippen LogP contribution in [0.5, 0.6) is 5.75 Å². The molecular weight excluding hydrogens is 334 g/mol. The van der Waals surface area contributed by atoms with Crippen LogP contribution in [0.4, 0.5) is 0 Å². The van der Waals surface area contributed by atoms with Crippen LogP contribution >= 0.6 is 0 Å². The number of tetrazole rings is 1. The Morgan fingerprint density at radius 3 is 2.88 bits per heavy atom. The normalized spacial score (nSPS) is 18.2. The molecule has 1 saturated heterocycles. The molecule has 142 valence electrons. The smallest absolute Gasteiger partial charge is 0.181 e. The van der Waals surface area contributed by atoms with Gasteiger partial charge in [-0.1, -0.05) is 17.7 Å². The van der Waals surface area contributed by atoms with Crippen molar-refractivity contribution in [2.75, 3.05) is 40.5 Å². The first-order valence-corrected chi connectivity index (χ1v) is 8.85. The third-order valence-electron chi connectivity index (χ3n) is 4.60. The van der Waals surface area contributed by atoms with Crippen molar-refractivity contribution in [3.63, 3.8) is 0 Å². The molecule has 2 aromatic rings. The topological polar surface area (TPSA) is 74.5 Å². The fraction of sp³-hybridized carbons (Fsp3) is 0.611.